The molecule has 0 aromatic rings. The minimum atomic E-state index is -1.30. The van der Waals surface area contributed by atoms with E-state index in [4.69, 9.17) is 4.74 Å². The van der Waals surface area contributed by atoms with E-state index in [0.717, 1.165) is 0 Å². The molecule has 1 unspecified atom stereocenters. The van der Waals surface area contributed by atoms with Gasteiger partial charge in [0.2, 0.25) is 5.12 Å². The second-order valence-corrected chi connectivity index (χ2v) is 7.66. The van der Waals surface area contributed by atoms with Gasteiger partial charge in [-0.25, -0.2) is 0 Å². The molecule has 0 saturated heterocycles. The van der Waals surface area contributed by atoms with E-state index in [1.165, 1.54) is 0 Å². The van der Waals surface area contributed by atoms with Crippen molar-refractivity contribution in [2.45, 2.75) is 67.1 Å². The monoisotopic (exact) mass is 334 g/mol. The van der Waals surface area contributed by atoms with Crippen molar-refractivity contribution in [3.05, 3.63) is 0 Å². The van der Waals surface area contributed by atoms with E-state index >= 15 is 0 Å². The smallest absolute Gasteiger partial charge is 0.219 e. The van der Waals surface area contributed by atoms with E-state index in [9.17, 15) is 9.59 Å². The van der Waals surface area contributed by atoms with Gasteiger partial charge in [-0.05, 0) is 31.6 Å². The van der Waals surface area contributed by atoms with E-state index in [1.807, 2.05) is 55.4 Å². The average Bonchev–Trinajstić information content (AvgIpc) is 2.24. The Balaban J connectivity index is 6.67. The summed E-state index contributed by atoms with van der Waals surface area (Å²) in [5.74, 6) is -0.426. The van der Waals surface area contributed by atoms with Crippen molar-refractivity contribution in [1.29, 1.82) is 0 Å². The summed E-state index contributed by atoms with van der Waals surface area (Å²) in [7, 11) is 0. The second kappa shape index (κ2) is 7.51. The maximum Gasteiger partial charge on any atom is 0.219 e. The SMILES string of the molecule is CC(C)OC(C(=O)S)(C(C)C)C(C(=O)S)(C(C)C)C(C)C. The Morgan fingerprint density at radius 1 is 0.762 bits per heavy atom. The molecule has 0 aromatic carbocycles. The Labute approximate surface area is 140 Å². The van der Waals surface area contributed by atoms with Crippen LogP contribution in [0.25, 0.3) is 0 Å². The topological polar surface area (TPSA) is 43.4 Å². The van der Waals surface area contributed by atoms with Crippen molar-refractivity contribution in [1.82, 2.24) is 0 Å². The second-order valence-electron chi connectivity index (χ2n) is 6.85. The van der Waals surface area contributed by atoms with Crippen LogP contribution in [0.1, 0.15) is 55.4 Å². The molecule has 0 bridgehead atoms. The average molecular weight is 335 g/mol. The third-order valence-electron chi connectivity index (χ3n) is 4.34. The fraction of sp³-hybridized carbons (Fsp3) is 0.875. The van der Waals surface area contributed by atoms with Crippen LogP contribution < -0.4 is 0 Å². The van der Waals surface area contributed by atoms with E-state index in [2.05, 4.69) is 25.3 Å². The highest BCUT2D eigenvalue weighted by Crippen LogP contribution is 2.53. The van der Waals surface area contributed by atoms with Gasteiger partial charge >= 0.3 is 0 Å². The summed E-state index contributed by atoms with van der Waals surface area (Å²) in [5, 5.41) is -0.722. The molecule has 0 saturated carbocycles. The zero-order valence-corrected chi connectivity index (χ0v) is 16.2. The third kappa shape index (κ3) is 3.35. The molecule has 5 heteroatoms. The van der Waals surface area contributed by atoms with Gasteiger partial charge in [0.05, 0.1) is 11.5 Å². The molecule has 0 heterocycles. The molecule has 3 nitrogen and oxygen atoms in total. The molecule has 0 fully saturated rings. The highest BCUT2D eigenvalue weighted by atomic mass is 32.1. The van der Waals surface area contributed by atoms with Gasteiger partial charge in [0.15, 0.2) is 10.7 Å². The van der Waals surface area contributed by atoms with Gasteiger partial charge in [0.1, 0.15) is 0 Å². The number of carbonyl (C=O) groups excluding carboxylic acids is 2. The van der Waals surface area contributed by atoms with Crippen molar-refractivity contribution in [3.63, 3.8) is 0 Å². The number of carbonyl (C=O) groups is 2. The van der Waals surface area contributed by atoms with Crippen molar-refractivity contribution >= 4 is 35.5 Å². The lowest BCUT2D eigenvalue weighted by atomic mass is 9.56. The van der Waals surface area contributed by atoms with Crippen LogP contribution in [0.5, 0.6) is 0 Å². The van der Waals surface area contributed by atoms with Gasteiger partial charge < -0.3 is 4.74 Å². The van der Waals surface area contributed by atoms with Crippen LogP contribution in [0.3, 0.4) is 0 Å². The van der Waals surface area contributed by atoms with Gasteiger partial charge in [-0.2, -0.15) is 0 Å². The molecule has 0 aromatic heterocycles. The maximum atomic E-state index is 12.6. The zero-order chi connectivity index (χ0) is 17.2. The number of thiol groups is 2. The number of rotatable bonds is 8. The zero-order valence-electron chi connectivity index (χ0n) is 14.4. The van der Waals surface area contributed by atoms with Crippen molar-refractivity contribution in [3.8, 4) is 0 Å². The molecule has 0 amide bonds. The highest BCUT2D eigenvalue weighted by molar-refractivity contribution is 7.97. The molecule has 0 aliphatic rings. The molecule has 0 aliphatic heterocycles. The lowest BCUT2D eigenvalue weighted by molar-refractivity contribution is -0.204. The molecule has 21 heavy (non-hydrogen) atoms. The Morgan fingerprint density at radius 3 is 1.29 bits per heavy atom. The normalized spacial score (nSPS) is 15.9. The summed E-state index contributed by atoms with van der Waals surface area (Å²) < 4.78 is 6.11. The van der Waals surface area contributed by atoms with Gasteiger partial charge in [0, 0.05) is 0 Å². The van der Waals surface area contributed by atoms with Crippen LogP contribution in [0.4, 0.5) is 0 Å². The first-order valence-electron chi connectivity index (χ1n) is 7.53. The van der Waals surface area contributed by atoms with Crippen molar-refractivity contribution in [2.24, 2.45) is 23.2 Å². The number of hydrogen-bond donors (Lipinski definition) is 2. The van der Waals surface area contributed by atoms with Crippen LogP contribution in [0.2, 0.25) is 0 Å². The molecule has 0 N–H and O–H groups in total. The Morgan fingerprint density at radius 2 is 1.14 bits per heavy atom. The van der Waals surface area contributed by atoms with Gasteiger partial charge in [-0.3, -0.25) is 9.59 Å². The lowest BCUT2D eigenvalue weighted by Gasteiger charge is -2.54. The highest BCUT2D eigenvalue weighted by Gasteiger charge is 2.64. The number of ether oxygens (including phenoxy) is 1. The molecular weight excluding hydrogens is 304 g/mol. The summed E-state index contributed by atoms with van der Waals surface area (Å²) in [5.41, 5.74) is -2.33. The number of hydrogen-bond acceptors (Lipinski definition) is 3. The van der Waals surface area contributed by atoms with Crippen molar-refractivity contribution in [2.75, 3.05) is 0 Å². The standard InChI is InChI=1S/C16H30O3S2/c1-9(2)15(10(3)4,13(17)20)16(11(5)6,14(18)21)19-12(7)8/h9-12H,1-8H3,(H,17,20)(H,18,21). The van der Waals surface area contributed by atoms with Crippen LogP contribution in [-0.2, 0) is 14.3 Å². The maximum absolute atomic E-state index is 12.6. The molecule has 0 radical (unpaired) electrons. The van der Waals surface area contributed by atoms with Crippen LogP contribution in [0.15, 0.2) is 0 Å². The summed E-state index contributed by atoms with van der Waals surface area (Å²) >= 11 is 8.28. The van der Waals surface area contributed by atoms with E-state index in [0.29, 0.717) is 0 Å². The molecule has 1 atom stereocenters. The van der Waals surface area contributed by atoms with Crippen LogP contribution in [-0.4, -0.2) is 21.9 Å². The lowest BCUT2D eigenvalue weighted by Crippen LogP contribution is -2.66. The van der Waals surface area contributed by atoms with Crippen LogP contribution >= 0.6 is 25.3 Å². The summed E-state index contributed by atoms with van der Waals surface area (Å²) in [6.07, 6.45) is -0.201. The largest absolute Gasteiger partial charge is 0.362 e. The molecule has 0 aliphatic carbocycles. The Bertz CT molecular complexity index is 381. The van der Waals surface area contributed by atoms with E-state index in [-0.39, 0.29) is 29.0 Å². The fourth-order valence-electron chi connectivity index (χ4n) is 3.73. The fourth-order valence-corrected chi connectivity index (χ4v) is 4.91. The predicted octanol–water partition coefficient (Wildman–Crippen LogP) is 4.02. The first-order chi connectivity index (χ1) is 9.38. The molecule has 124 valence electrons. The molecule has 0 rings (SSSR count). The minimum absolute atomic E-state index is 0.111. The first-order valence-corrected chi connectivity index (χ1v) is 8.42. The Kier molecular flexibility index (Phi) is 7.51. The predicted molar refractivity (Wildman–Crippen MR) is 93.9 cm³/mol. The van der Waals surface area contributed by atoms with Crippen LogP contribution in [0, 0.1) is 23.2 Å². The van der Waals surface area contributed by atoms with Gasteiger partial charge in [-0.1, -0.05) is 41.5 Å². The molecule has 0 spiro atoms. The first kappa shape index (κ1) is 21.0. The van der Waals surface area contributed by atoms with E-state index in [1.54, 1.807) is 0 Å². The summed E-state index contributed by atoms with van der Waals surface area (Å²) in [4.78, 5) is 25.1. The Hall–Kier alpha value is -0.0000000000000000555. The summed E-state index contributed by atoms with van der Waals surface area (Å²) in [6.45, 7) is 15.3. The summed E-state index contributed by atoms with van der Waals surface area (Å²) in [6, 6.07) is 0. The quantitative estimate of drug-likeness (QED) is 0.659. The molecular formula is C16H30O3S2. The third-order valence-corrected chi connectivity index (χ3v) is 5.04. The van der Waals surface area contributed by atoms with Crippen molar-refractivity contribution < 1.29 is 14.3 Å². The van der Waals surface area contributed by atoms with Gasteiger partial charge in [-0.15, -0.1) is 25.3 Å². The van der Waals surface area contributed by atoms with Gasteiger partial charge in [0.25, 0.3) is 0 Å². The van der Waals surface area contributed by atoms with E-state index < -0.39 is 16.1 Å². The minimum Gasteiger partial charge on any atom is -0.362 e.